The van der Waals surface area contributed by atoms with Crippen LogP contribution in [0.4, 0.5) is 17.1 Å². The fraction of sp³-hybridized carbons (Fsp3) is 0.250. The standard InChI is InChI=1S/C56H45NO/c1-54(2)44-19-7-3-13-37(44)38-26-25-36(30-47(38)54)57(49-23-12-18-42-40-15-6-10-24-50(40)58-53(42)49)48-22-9-5-14-39(48)41-17-11-21-46-52(41)43-16-4-8-20-45(43)56(46)35-28-33-27-34-29-51(56)55(34,31-33)32-35/h3-26,30,33-35,51H,27-29,31-32H2,1-2H3/t33?,34-,35?,51?,55?,56?/m1/s1. The molecule has 4 fully saturated rings. The number of nitrogens with zero attached hydrogens (tertiary/aromatic N) is 1. The summed E-state index contributed by atoms with van der Waals surface area (Å²) in [5.41, 5.74) is 20.0. The zero-order valence-electron chi connectivity index (χ0n) is 33.1. The van der Waals surface area contributed by atoms with Crippen molar-refractivity contribution in [3.05, 3.63) is 174 Å². The first kappa shape index (κ1) is 32.1. The van der Waals surface area contributed by atoms with Crippen LogP contribution in [-0.4, -0.2) is 0 Å². The minimum absolute atomic E-state index is 0.128. The highest BCUT2D eigenvalue weighted by atomic mass is 16.3. The Kier molecular flexibility index (Phi) is 5.98. The van der Waals surface area contributed by atoms with Gasteiger partial charge in [0.05, 0.1) is 11.4 Å². The van der Waals surface area contributed by atoms with E-state index < -0.39 is 0 Å². The first-order valence-electron chi connectivity index (χ1n) is 21.7. The van der Waals surface area contributed by atoms with Gasteiger partial charge in [-0.15, -0.1) is 0 Å². The first-order valence-corrected chi connectivity index (χ1v) is 21.7. The lowest BCUT2D eigenvalue weighted by Gasteiger charge is -2.54. The highest BCUT2D eigenvalue weighted by Gasteiger charge is 2.76. The number of furan rings is 1. The highest BCUT2D eigenvalue weighted by molar-refractivity contribution is 6.11. The molecule has 6 aliphatic carbocycles. The zero-order chi connectivity index (χ0) is 38.1. The summed E-state index contributed by atoms with van der Waals surface area (Å²) in [6.45, 7) is 4.77. The third-order valence-corrected chi connectivity index (χ3v) is 16.8. The van der Waals surface area contributed by atoms with Crippen molar-refractivity contribution < 1.29 is 4.42 Å². The molecule has 1 aromatic heterocycles. The average molecular weight is 748 g/mol. The summed E-state index contributed by atoms with van der Waals surface area (Å²) in [4.78, 5) is 2.51. The minimum Gasteiger partial charge on any atom is -0.454 e. The van der Waals surface area contributed by atoms with Gasteiger partial charge in [0.2, 0.25) is 0 Å². The molecular formula is C56H45NO. The van der Waals surface area contributed by atoms with Crippen molar-refractivity contribution in [2.24, 2.45) is 29.1 Å². The van der Waals surface area contributed by atoms with Crippen molar-refractivity contribution in [1.29, 1.82) is 0 Å². The summed E-state index contributed by atoms with van der Waals surface area (Å²) in [5, 5.41) is 2.29. The van der Waals surface area contributed by atoms with E-state index in [0.29, 0.717) is 5.41 Å². The fourth-order valence-electron chi connectivity index (χ4n) is 14.8. The lowest BCUT2D eigenvalue weighted by molar-refractivity contribution is -0.0193. The van der Waals surface area contributed by atoms with Crippen LogP contribution in [0.5, 0.6) is 0 Å². The number of benzene rings is 7. The van der Waals surface area contributed by atoms with Crippen molar-refractivity contribution in [1.82, 2.24) is 0 Å². The molecule has 2 nitrogen and oxygen atoms in total. The van der Waals surface area contributed by atoms with Crippen molar-refractivity contribution in [2.45, 2.75) is 56.8 Å². The summed E-state index contributed by atoms with van der Waals surface area (Å²) in [6, 6.07) is 57.5. The van der Waals surface area contributed by atoms with E-state index in [-0.39, 0.29) is 10.8 Å². The Balaban J connectivity index is 1.02. The Hall–Kier alpha value is -5.86. The molecule has 4 saturated carbocycles. The third kappa shape index (κ3) is 3.69. The number of para-hydroxylation sites is 3. The molecule has 0 N–H and O–H groups in total. The maximum Gasteiger partial charge on any atom is 0.159 e. The highest BCUT2D eigenvalue weighted by Crippen LogP contribution is 2.83. The lowest BCUT2D eigenvalue weighted by atomic mass is 9.49. The van der Waals surface area contributed by atoms with Crippen LogP contribution in [0.2, 0.25) is 0 Å². The van der Waals surface area contributed by atoms with Gasteiger partial charge >= 0.3 is 0 Å². The minimum atomic E-state index is -0.129. The van der Waals surface area contributed by atoms with Gasteiger partial charge in [0.15, 0.2) is 5.58 Å². The van der Waals surface area contributed by atoms with Crippen LogP contribution in [0, 0.1) is 29.1 Å². The van der Waals surface area contributed by atoms with E-state index in [1.807, 2.05) is 0 Å². The Morgan fingerprint density at radius 1 is 0.517 bits per heavy atom. The average Bonchev–Trinajstić information content (AvgIpc) is 3.95. The molecule has 0 saturated heterocycles. The number of anilines is 3. The van der Waals surface area contributed by atoms with Gasteiger partial charge in [-0.25, -0.2) is 0 Å². The second-order valence-electron chi connectivity index (χ2n) is 19.3. The van der Waals surface area contributed by atoms with Crippen LogP contribution >= 0.6 is 0 Å². The summed E-state index contributed by atoms with van der Waals surface area (Å²) >= 11 is 0. The fourth-order valence-corrected chi connectivity index (χ4v) is 14.8. The van der Waals surface area contributed by atoms with E-state index in [2.05, 4.69) is 170 Å². The summed E-state index contributed by atoms with van der Waals surface area (Å²) in [5.74, 6) is 3.37. The predicted molar refractivity (Wildman–Crippen MR) is 237 cm³/mol. The van der Waals surface area contributed by atoms with Crippen LogP contribution in [0.25, 0.3) is 55.3 Å². The number of hydrogen-bond acceptors (Lipinski definition) is 2. The molecule has 3 bridgehead atoms. The van der Waals surface area contributed by atoms with E-state index in [1.54, 1.807) is 11.1 Å². The lowest BCUT2D eigenvalue weighted by Crippen LogP contribution is -2.50. The van der Waals surface area contributed by atoms with Gasteiger partial charge in [0.25, 0.3) is 0 Å². The molecule has 7 aromatic carbocycles. The second-order valence-corrected chi connectivity index (χ2v) is 19.3. The molecule has 1 heterocycles. The Bertz CT molecular complexity index is 3090. The SMILES string of the molecule is CC1(C)c2ccccc2-c2ccc(N(c3ccccc3-c3cccc4c3-c3ccccc3C43C4CC5C[C@@H]6CC3C6(C5)C4)c3cccc4c3oc3ccccc34)cc21. The van der Waals surface area contributed by atoms with Crippen molar-refractivity contribution in [2.75, 3.05) is 4.90 Å². The van der Waals surface area contributed by atoms with Crippen LogP contribution in [0.15, 0.2) is 156 Å². The Morgan fingerprint density at radius 2 is 1.19 bits per heavy atom. The summed E-state index contributed by atoms with van der Waals surface area (Å²) < 4.78 is 6.86. The molecule has 2 spiro atoms. The van der Waals surface area contributed by atoms with E-state index in [1.165, 1.54) is 82.3 Å². The molecule has 0 aliphatic heterocycles. The van der Waals surface area contributed by atoms with Crippen LogP contribution in [0.3, 0.4) is 0 Å². The van der Waals surface area contributed by atoms with Gasteiger partial charge in [-0.1, -0.05) is 135 Å². The second kappa shape index (κ2) is 10.8. The molecule has 5 unspecified atom stereocenters. The number of fused-ring (bicyclic) bond motifs is 15. The van der Waals surface area contributed by atoms with E-state index in [0.717, 1.165) is 57.0 Å². The quantitative estimate of drug-likeness (QED) is 0.178. The molecule has 2 heteroatoms. The normalized spacial score (nSPS) is 27.1. The van der Waals surface area contributed by atoms with Gasteiger partial charge in [0, 0.05) is 32.9 Å². The van der Waals surface area contributed by atoms with E-state index >= 15 is 0 Å². The van der Waals surface area contributed by atoms with Crippen molar-refractivity contribution in [3.8, 4) is 33.4 Å². The topological polar surface area (TPSA) is 16.4 Å². The molecule has 0 amide bonds. The molecule has 58 heavy (non-hydrogen) atoms. The van der Waals surface area contributed by atoms with Gasteiger partial charge in [-0.3, -0.25) is 0 Å². The molecule has 8 aromatic rings. The Morgan fingerprint density at radius 3 is 2.10 bits per heavy atom. The molecule has 6 aliphatic rings. The summed E-state index contributed by atoms with van der Waals surface area (Å²) in [6.07, 6.45) is 7.21. The molecule has 14 rings (SSSR count). The van der Waals surface area contributed by atoms with Gasteiger partial charge in [0.1, 0.15) is 5.58 Å². The molecule has 280 valence electrons. The maximum atomic E-state index is 6.86. The molecule has 0 radical (unpaired) electrons. The number of hydrogen-bond donors (Lipinski definition) is 0. The van der Waals surface area contributed by atoms with E-state index in [9.17, 15) is 0 Å². The zero-order valence-corrected chi connectivity index (χ0v) is 33.1. The Labute approximate surface area is 340 Å². The van der Waals surface area contributed by atoms with Crippen LogP contribution in [0.1, 0.15) is 68.2 Å². The largest absolute Gasteiger partial charge is 0.454 e. The van der Waals surface area contributed by atoms with E-state index in [4.69, 9.17) is 4.42 Å². The van der Waals surface area contributed by atoms with Crippen molar-refractivity contribution in [3.63, 3.8) is 0 Å². The molecular weight excluding hydrogens is 703 g/mol. The molecule has 6 atom stereocenters. The van der Waals surface area contributed by atoms with Gasteiger partial charge in [-0.05, 0) is 142 Å². The monoisotopic (exact) mass is 747 g/mol. The predicted octanol–water partition coefficient (Wildman–Crippen LogP) is 14.8. The smallest absolute Gasteiger partial charge is 0.159 e. The van der Waals surface area contributed by atoms with Gasteiger partial charge in [-0.2, -0.15) is 0 Å². The summed E-state index contributed by atoms with van der Waals surface area (Å²) in [7, 11) is 0. The third-order valence-electron chi connectivity index (χ3n) is 16.8. The van der Waals surface area contributed by atoms with Gasteiger partial charge < -0.3 is 9.32 Å². The number of rotatable bonds is 4. The van der Waals surface area contributed by atoms with Crippen molar-refractivity contribution >= 4 is 39.0 Å². The maximum absolute atomic E-state index is 6.86. The van der Waals surface area contributed by atoms with Crippen LogP contribution in [-0.2, 0) is 10.8 Å². The van der Waals surface area contributed by atoms with Crippen LogP contribution < -0.4 is 4.90 Å². The first-order chi connectivity index (χ1) is 28.5.